The second-order valence-corrected chi connectivity index (χ2v) is 6.10. The van der Waals surface area contributed by atoms with Gasteiger partial charge in [-0.1, -0.05) is 23.7 Å². The molecule has 1 aliphatic heterocycles. The Kier molecular flexibility index (Phi) is 4.50. The van der Waals surface area contributed by atoms with Crippen molar-refractivity contribution in [3.63, 3.8) is 0 Å². The number of aromatic nitrogens is 1. The minimum absolute atomic E-state index is 0.261. The zero-order chi connectivity index (χ0) is 14.8. The SMILES string of the molecule is Cc1c(CN2CCO[C@@H](CCN)C2)[nH]c2c(Cl)cccc12. The number of aromatic amines is 1. The van der Waals surface area contributed by atoms with Crippen molar-refractivity contribution in [2.75, 3.05) is 26.2 Å². The van der Waals surface area contributed by atoms with Crippen LogP contribution in [0.15, 0.2) is 18.2 Å². The van der Waals surface area contributed by atoms with Crippen LogP contribution < -0.4 is 5.73 Å². The third-order valence-corrected chi connectivity index (χ3v) is 4.55. The van der Waals surface area contributed by atoms with E-state index in [1.165, 1.54) is 16.6 Å². The van der Waals surface area contributed by atoms with Crippen LogP contribution in [0.25, 0.3) is 10.9 Å². The number of nitrogens with two attached hydrogens (primary N) is 1. The minimum atomic E-state index is 0.261. The lowest BCUT2D eigenvalue weighted by atomic mass is 10.1. The number of halogens is 1. The van der Waals surface area contributed by atoms with Gasteiger partial charge in [-0.25, -0.2) is 0 Å². The molecule has 1 fully saturated rings. The molecule has 1 aliphatic rings. The maximum absolute atomic E-state index is 6.27. The first-order valence-electron chi connectivity index (χ1n) is 7.48. The standard InChI is InChI=1S/C16H22ClN3O/c1-11-13-3-2-4-14(17)16(13)19-15(11)10-20-7-8-21-12(9-20)5-6-18/h2-4,12,19H,5-10,18H2,1H3/t12-/m0/s1. The summed E-state index contributed by atoms with van der Waals surface area (Å²) in [6.45, 7) is 6.43. The molecule has 1 aromatic heterocycles. The molecule has 0 spiro atoms. The Labute approximate surface area is 130 Å². The molecule has 114 valence electrons. The van der Waals surface area contributed by atoms with Gasteiger partial charge >= 0.3 is 0 Å². The number of hydrogen-bond donors (Lipinski definition) is 2. The Morgan fingerprint density at radius 2 is 2.33 bits per heavy atom. The molecular weight excluding hydrogens is 286 g/mol. The second-order valence-electron chi connectivity index (χ2n) is 5.70. The van der Waals surface area contributed by atoms with E-state index in [1.807, 2.05) is 12.1 Å². The predicted octanol–water partition coefficient (Wildman–Crippen LogP) is 2.68. The maximum atomic E-state index is 6.27. The van der Waals surface area contributed by atoms with E-state index in [0.29, 0.717) is 6.54 Å². The second kappa shape index (κ2) is 6.36. The van der Waals surface area contributed by atoms with Crippen LogP contribution in [-0.2, 0) is 11.3 Å². The fourth-order valence-electron chi connectivity index (χ4n) is 3.04. The van der Waals surface area contributed by atoms with Crippen molar-refractivity contribution in [3.8, 4) is 0 Å². The van der Waals surface area contributed by atoms with Crippen LogP contribution in [0, 0.1) is 6.92 Å². The van der Waals surface area contributed by atoms with Gasteiger partial charge in [0.05, 0.1) is 23.3 Å². The van der Waals surface area contributed by atoms with E-state index in [4.69, 9.17) is 22.1 Å². The Morgan fingerprint density at radius 3 is 3.10 bits per heavy atom. The number of nitrogens with zero attached hydrogens (tertiary/aromatic N) is 1. The summed E-state index contributed by atoms with van der Waals surface area (Å²) in [5.74, 6) is 0. The quantitative estimate of drug-likeness (QED) is 0.913. The lowest BCUT2D eigenvalue weighted by molar-refractivity contribution is -0.0338. The van der Waals surface area contributed by atoms with Crippen LogP contribution >= 0.6 is 11.6 Å². The molecule has 0 aliphatic carbocycles. The molecule has 0 radical (unpaired) electrons. The van der Waals surface area contributed by atoms with Gasteiger partial charge in [-0.3, -0.25) is 4.90 Å². The summed E-state index contributed by atoms with van der Waals surface area (Å²) in [5, 5.41) is 1.99. The van der Waals surface area contributed by atoms with E-state index in [2.05, 4.69) is 22.9 Å². The molecule has 0 saturated carbocycles. The summed E-state index contributed by atoms with van der Waals surface area (Å²) in [5.41, 5.74) is 9.20. The van der Waals surface area contributed by atoms with Gasteiger partial charge in [0.15, 0.2) is 0 Å². The number of rotatable bonds is 4. The van der Waals surface area contributed by atoms with E-state index in [-0.39, 0.29) is 6.10 Å². The normalized spacial score (nSPS) is 20.2. The molecule has 21 heavy (non-hydrogen) atoms. The van der Waals surface area contributed by atoms with Gasteiger partial charge in [0.1, 0.15) is 0 Å². The van der Waals surface area contributed by atoms with Crippen LogP contribution in [-0.4, -0.2) is 42.2 Å². The largest absolute Gasteiger partial charge is 0.376 e. The van der Waals surface area contributed by atoms with E-state index in [0.717, 1.165) is 43.2 Å². The Morgan fingerprint density at radius 1 is 1.48 bits per heavy atom. The summed E-state index contributed by atoms with van der Waals surface area (Å²) >= 11 is 6.27. The molecule has 2 heterocycles. The molecule has 3 rings (SSSR count). The number of fused-ring (bicyclic) bond motifs is 1. The van der Waals surface area contributed by atoms with Crippen molar-refractivity contribution >= 4 is 22.5 Å². The first-order valence-corrected chi connectivity index (χ1v) is 7.86. The van der Waals surface area contributed by atoms with Crippen LogP contribution in [0.3, 0.4) is 0 Å². The zero-order valence-corrected chi connectivity index (χ0v) is 13.1. The highest BCUT2D eigenvalue weighted by Gasteiger charge is 2.21. The fraction of sp³-hybridized carbons (Fsp3) is 0.500. The summed E-state index contributed by atoms with van der Waals surface area (Å²) in [6.07, 6.45) is 1.19. The molecule has 0 amide bonds. The average Bonchev–Trinajstić information content (AvgIpc) is 2.79. The molecule has 1 atom stereocenters. The Bertz CT molecular complexity index is 623. The summed E-state index contributed by atoms with van der Waals surface area (Å²) in [4.78, 5) is 5.91. The number of hydrogen-bond acceptors (Lipinski definition) is 3. The lowest BCUT2D eigenvalue weighted by Crippen LogP contribution is -2.42. The number of para-hydroxylation sites is 1. The predicted molar refractivity (Wildman–Crippen MR) is 86.7 cm³/mol. The third kappa shape index (κ3) is 3.09. The number of ether oxygens (including phenoxy) is 1. The summed E-state index contributed by atoms with van der Waals surface area (Å²) in [6, 6.07) is 6.05. The molecule has 3 N–H and O–H groups in total. The third-order valence-electron chi connectivity index (χ3n) is 4.24. The fourth-order valence-corrected chi connectivity index (χ4v) is 3.26. The Balaban J connectivity index is 1.78. The first-order chi connectivity index (χ1) is 10.2. The zero-order valence-electron chi connectivity index (χ0n) is 12.4. The molecule has 4 nitrogen and oxygen atoms in total. The van der Waals surface area contributed by atoms with Crippen molar-refractivity contribution in [2.24, 2.45) is 5.73 Å². The van der Waals surface area contributed by atoms with Gasteiger partial charge < -0.3 is 15.5 Å². The highest BCUT2D eigenvalue weighted by Crippen LogP contribution is 2.28. The minimum Gasteiger partial charge on any atom is -0.376 e. The van der Waals surface area contributed by atoms with E-state index in [1.54, 1.807) is 0 Å². The molecule has 1 saturated heterocycles. The average molecular weight is 308 g/mol. The van der Waals surface area contributed by atoms with Gasteiger partial charge in [-0.05, 0) is 31.5 Å². The lowest BCUT2D eigenvalue weighted by Gasteiger charge is -2.32. The number of morpholine rings is 1. The smallest absolute Gasteiger partial charge is 0.0714 e. The van der Waals surface area contributed by atoms with Gasteiger partial charge in [-0.15, -0.1) is 0 Å². The van der Waals surface area contributed by atoms with Crippen LogP contribution in [0.1, 0.15) is 17.7 Å². The first kappa shape index (κ1) is 14.9. The molecule has 0 bridgehead atoms. The van der Waals surface area contributed by atoms with Crippen molar-refractivity contribution in [2.45, 2.75) is 26.0 Å². The van der Waals surface area contributed by atoms with Crippen molar-refractivity contribution < 1.29 is 4.74 Å². The topological polar surface area (TPSA) is 54.3 Å². The Hall–Kier alpha value is -1.07. The number of aryl methyl sites for hydroxylation is 1. The molecule has 0 unspecified atom stereocenters. The molecule has 1 aromatic carbocycles. The highest BCUT2D eigenvalue weighted by atomic mass is 35.5. The van der Waals surface area contributed by atoms with Crippen LogP contribution in [0.2, 0.25) is 5.02 Å². The monoisotopic (exact) mass is 307 g/mol. The van der Waals surface area contributed by atoms with Crippen molar-refractivity contribution in [1.29, 1.82) is 0 Å². The van der Waals surface area contributed by atoms with E-state index >= 15 is 0 Å². The highest BCUT2D eigenvalue weighted by molar-refractivity contribution is 6.35. The number of benzene rings is 1. The van der Waals surface area contributed by atoms with E-state index in [9.17, 15) is 0 Å². The summed E-state index contributed by atoms with van der Waals surface area (Å²) in [7, 11) is 0. The van der Waals surface area contributed by atoms with Gasteiger partial charge in [0, 0.05) is 30.7 Å². The van der Waals surface area contributed by atoms with Gasteiger partial charge in [0.2, 0.25) is 0 Å². The molecular formula is C16H22ClN3O. The van der Waals surface area contributed by atoms with E-state index < -0.39 is 0 Å². The number of H-pyrrole nitrogens is 1. The van der Waals surface area contributed by atoms with Crippen LogP contribution in [0.5, 0.6) is 0 Å². The number of nitrogens with one attached hydrogen (secondary N) is 1. The molecule has 2 aromatic rings. The van der Waals surface area contributed by atoms with Crippen molar-refractivity contribution in [1.82, 2.24) is 9.88 Å². The molecule has 5 heteroatoms. The van der Waals surface area contributed by atoms with Crippen LogP contribution in [0.4, 0.5) is 0 Å². The van der Waals surface area contributed by atoms with Gasteiger partial charge in [-0.2, -0.15) is 0 Å². The summed E-state index contributed by atoms with van der Waals surface area (Å²) < 4.78 is 5.74. The van der Waals surface area contributed by atoms with Crippen molar-refractivity contribution in [3.05, 3.63) is 34.5 Å². The van der Waals surface area contributed by atoms with Gasteiger partial charge in [0.25, 0.3) is 0 Å². The maximum Gasteiger partial charge on any atom is 0.0714 e.